The van der Waals surface area contributed by atoms with Crippen LogP contribution in [0.5, 0.6) is 0 Å². The third kappa shape index (κ3) is 2.87. The molecule has 1 aliphatic heterocycles. The van der Waals surface area contributed by atoms with Gasteiger partial charge in [0.05, 0.1) is 11.7 Å². The van der Waals surface area contributed by atoms with Crippen molar-refractivity contribution in [3.63, 3.8) is 0 Å². The van der Waals surface area contributed by atoms with E-state index in [9.17, 15) is 0 Å². The lowest BCUT2D eigenvalue weighted by molar-refractivity contribution is 0.718. The van der Waals surface area contributed by atoms with Crippen LogP contribution in [-0.2, 0) is 0 Å². The molecule has 0 aliphatic carbocycles. The van der Waals surface area contributed by atoms with Crippen molar-refractivity contribution in [2.24, 2.45) is 10.8 Å². The number of thiophene rings is 1. The predicted molar refractivity (Wildman–Crippen MR) is 91.2 cm³/mol. The molecule has 1 aromatic carbocycles. The van der Waals surface area contributed by atoms with Gasteiger partial charge in [-0.3, -0.25) is 5.01 Å². The van der Waals surface area contributed by atoms with Gasteiger partial charge < -0.3 is 5.73 Å². The number of hydrogen-bond acceptors (Lipinski definition) is 4. The fourth-order valence-electron chi connectivity index (χ4n) is 2.78. The van der Waals surface area contributed by atoms with Gasteiger partial charge in [0.25, 0.3) is 0 Å². The van der Waals surface area contributed by atoms with Crippen LogP contribution in [0.2, 0.25) is 0 Å². The Morgan fingerprint density at radius 1 is 1.33 bits per heavy atom. The second kappa shape index (κ2) is 6.00. The van der Waals surface area contributed by atoms with Crippen molar-refractivity contribution in [3.8, 4) is 0 Å². The first kappa shape index (κ1) is 14.3. The molecule has 1 unspecified atom stereocenters. The third-order valence-corrected chi connectivity index (χ3v) is 4.86. The third-order valence-electron chi connectivity index (χ3n) is 3.89. The standard InChI is InChI=1S/C17H21N3S/c1-12-5-6-13(2)15(10-12)20-16(17-4-3-9-21-17)11-14(19-20)7-8-18/h3-6,9-10,16H,7-8,11,18H2,1-2H3. The van der Waals surface area contributed by atoms with E-state index in [1.54, 1.807) is 11.3 Å². The number of nitrogens with two attached hydrogens (primary N) is 1. The molecule has 0 saturated heterocycles. The van der Waals surface area contributed by atoms with Gasteiger partial charge in [-0.2, -0.15) is 5.10 Å². The van der Waals surface area contributed by atoms with Gasteiger partial charge in [-0.05, 0) is 55.5 Å². The molecule has 0 bridgehead atoms. The van der Waals surface area contributed by atoms with E-state index < -0.39 is 0 Å². The summed E-state index contributed by atoms with van der Waals surface area (Å²) in [4.78, 5) is 1.37. The first-order valence-electron chi connectivity index (χ1n) is 7.35. The first-order valence-corrected chi connectivity index (χ1v) is 8.23. The van der Waals surface area contributed by atoms with Gasteiger partial charge in [-0.1, -0.05) is 18.2 Å². The summed E-state index contributed by atoms with van der Waals surface area (Å²) in [6.45, 7) is 4.94. The zero-order chi connectivity index (χ0) is 14.8. The van der Waals surface area contributed by atoms with Crippen molar-refractivity contribution >= 4 is 22.7 Å². The Hall–Kier alpha value is -1.65. The molecule has 0 fully saturated rings. The molecule has 1 atom stereocenters. The monoisotopic (exact) mass is 299 g/mol. The highest BCUT2D eigenvalue weighted by atomic mass is 32.1. The van der Waals surface area contributed by atoms with E-state index in [0.29, 0.717) is 12.6 Å². The minimum atomic E-state index is 0.312. The molecule has 21 heavy (non-hydrogen) atoms. The van der Waals surface area contributed by atoms with Crippen molar-refractivity contribution in [1.29, 1.82) is 0 Å². The van der Waals surface area contributed by atoms with E-state index >= 15 is 0 Å². The predicted octanol–water partition coefficient (Wildman–Crippen LogP) is 4.02. The van der Waals surface area contributed by atoms with Gasteiger partial charge in [-0.25, -0.2) is 0 Å². The highest BCUT2D eigenvalue weighted by molar-refractivity contribution is 7.10. The van der Waals surface area contributed by atoms with E-state index in [0.717, 1.165) is 12.8 Å². The van der Waals surface area contributed by atoms with Gasteiger partial charge in [0, 0.05) is 17.0 Å². The van der Waals surface area contributed by atoms with E-state index in [1.165, 1.54) is 27.4 Å². The SMILES string of the molecule is Cc1ccc(C)c(N2N=C(CCN)CC2c2cccs2)c1. The summed E-state index contributed by atoms with van der Waals surface area (Å²) in [5.74, 6) is 0. The second-order valence-corrected chi connectivity index (χ2v) is 6.55. The Morgan fingerprint density at radius 2 is 2.19 bits per heavy atom. The van der Waals surface area contributed by atoms with Crippen LogP contribution >= 0.6 is 11.3 Å². The van der Waals surface area contributed by atoms with Crippen LogP contribution in [0.3, 0.4) is 0 Å². The zero-order valence-electron chi connectivity index (χ0n) is 12.5. The van der Waals surface area contributed by atoms with Crippen molar-refractivity contribution in [2.45, 2.75) is 32.7 Å². The molecular weight excluding hydrogens is 278 g/mol. The topological polar surface area (TPSA) is 41.6 Å². The number of hydrogen-bond donors (Lipinski definition) is 1. The van der Waals surface area contributed by atoms with E-state index in [1.807, 2.05) is 0 Å². The lowest BCUT2D eigenvalue weighted by Gasteiger charge is -2.24. The summed E-state index contributed by atoms with van der Waals surface area (Å²) in [5.41, 5.74) is 10.7. The Labute approximate surface area is 130 Å². The Bertz CT molecular complexity index is 646. The molecule has 0 saturated carbocycles. The van der Waals surface area contributed by atoms with Crippen molar-refractivity contribution in [2.75, 3.05) is 11.6 Å². The molecule has 2 aromatic rings. The van der Waals surface area contributed by atoms with Gasteiger partial charge in [0.1, 0.15) is 0 Å². The number of nitrogens with zero attached hydrogens (tertiary/aromatic N) is 2. The van der Waals surface area contributed by atoms with Crippen LogP contribution in [0, 0.1) is 13.8 Å². The highest BCUT2D eigenvalue weighted by Gasteiger charge is 2.30. The molecule has 0 spiro atoms. The molecule has 1 aliphatic rings. The summed E-state index contributed by atoms with van der Waals surface area (Å²) in [5, 5.41) is 9.19. The van der Waals surface area contributed by atoms with E-state index in [-0.39, 0.29) is 0 Å². The summed E-state index contributed by atoms with van der Waals surface area (Å²) >= 11 is 1.80. The summed E-state index contributed by atoms with van der Waals surface area (Å²) in [6.07, 6.45) is 1.86. The number of hydrazone groups is 1. The molecule has 3 nitrogen and oxygen atoms in total. The average Bonchev–Trinajstić information content (AvgIpc) is 3.10. The molecule has 0 amide bonds. The quantitative estimate of drug-likeness (QED) is 0.926. The zero-order valence-corrected chi connectivity index (χ0v) is 13.4. The normalized spacial score (nSPS) is 18.1. The average molecular weight is 299 g/mol. The van der Waals surface area contributed by atoms with Crippen molar-refractivity contribution in [3.05, 3.63) is 51.7 Å². The number of rotatable bonds is 4. The summed E-state index contributed by atoms with van der Waals surface area (Å²) in [6, 6.07) is 11.2. The molecule has 0 radical (unpaired) electrons. The second-order valence-electron chi connectivity index (χ2n) is 5.57. The maximum atomic E-state index is 5.71. The first-order chi connectivity index (χ1) is 10.2. The van der Waals surface area contributed by atoms with Crippen LogP contribution in [0.15, 0.2) is 40.8 Å². The molecule has 110 valence electrons. The molecule has 2 N–H and O–H groups in total. The van der Waals surface area contributed by atoms with Crippen molar-refractivity contribution in [1.82, 2.24) is 0 Å². The maximum absolute atomic E-state index is 5.71. The molecular formula is C17H21N3S. The van der Waals surface area contributed by atoms with Gasteiger partial charge in [0.15, 0.2) is 0 Å². The molecule has 4 heteroatoms. The fourth-order valence-corrected chi connectivity index (χ4v) is 3.59. The Balaban J connectivity index is 2.00. The number of benzene rings is 1. The number of aryl methyl sites for hydroxylation is 2. The number of anilines is 1. The molecule has 3 rings (SSSR count). The summed E-state index contributed by atoms with van der Waals surface area (Å²) in [7, 11) is 0. The summed E-state index contributed by atoms with van der Waals surface area (Å²) < 4.78 is 0. The minimum absolute atomic E-state index is 0.312. The lowest BCUT2D eigenvalue weighted by atomic mass is 10.1. The van der Waals surface area contributed by atoms with E-state index in [4.69, 9.17) is 10.8 Å². The maximum Gasteiger partial charge on any atom is 0.0920 e. The molecule has 1 aromatic heterocycles. The van der Waals surface area contributed by atoms with E-state index in [2.05, 4.69) is 54.6 Å². The Morgan fingerprint density at radius 3 is 2.90 bits per heavy atom. The van der Waals surface area contributed by atoms with Crippen LogP contribution in [-0.4, -0.2) is 12.3 Å². The van der Waals surface area contributed by atoms with Crippen LogP contribution in [0.25, 0.3) is 0 Å². The minimum Gasteiger partial charge on any atom is -0.330 e. The Kier molecular flexibility index (Phi) is 4.08. The van der Waals surface area contributed by atoms with Gasteiger partial charge >= 0.3 is 0 Å². The fraction of sp³-hybridized carbons (Fsp3) is 0.353. The van der Waals surface area contributed by atoms with Crippen LogP contribution < -0.4 is 10.7 Å². The lowest BCUT2D eigenvalue weighted by Crippen LogP contribution is -2.18. The van der Waals surface area contributed by atoms with Crippen molar-refractivity contribution < 1.29 is 0 Å². The van der Waals surface area contributed by atoms with Gasteiger partial charge in [0.2, 0.25) is 0 Å². The molecule has 2 heterocycles. The van der Waals surface area contributed by atoms with Gasteiger partial charge in [-0.15, -0.1) is 11.3 Å². The smallest absolute Gasteiger partial charge is 0.0920 e. The van der Waals surface area contributed by atoms with Crippen LogP contribution in [0.4, 0.5) is 5.69 Å². The highest BCUT2D eigenvalue weighted by Crippen LogP contribution is 2.39. The largest absolute Gasteiger partial charge is 0.330 e. The van der Waals surface area contributed by atoms with Crippen LogP contribution in [0.1, 0.15) is 34.9 Å².